The first-order valence-corrected chi connectivity index (χ1v) is 5.48. The Bertz CT molecular complexity index is 379. The predicted molar refractivity (Wildman–Crippen MR) is 62.9 cm³/mol. The zero-order chi connectivity index (χ0) is 12.1. The summed E-state index contributed by atoms with van der Waals surface area (Å²) in [5, 5.41) is 9.07. The van der Waals surface area contributed by atoms with E-state index in [1.165, 1.54) is 0 Å². The van der Waals surface area contributed by atoms with Crippen molar-refractivity contribution >= 4 is 11.6 Å². The molecule has 0 saturated carbocycles. The highest BCUT2D eigenvalue weighted by atomic mass is 35.5. The standard InChI is InChI=1S/C11H15ClN4/c1-8-6-10(12)15-11(14-8)7-16(3)9(2)4-5-13/h6,9H,4,7H2,1-3H3. The van der Waals surface area contributed by atoms with Gasteiger partial charge in [-0.3, -0.25) is 4.90 Å². The average Bonchev–Trinajstić information content (AvgIpc) is 2.16. The smallest absolute Gasteiger partial charge is 0.144 e. The Hall–Kier alpha value is -1.18. The first-order chi connectivity index (χ1) is 7.52. The molecule has 1 rings (SSSR count). The summed E-state index contributed by atoms with van der Waals surface area (Å²) >= 11 is 5.85. The molecule has 0 bridgehead atoms. The fourth-order valence-electron chi connectivity index (χ4n) is 1.33. The van der Waals surface area contributed by atoms with Gasteiger partial charge in [0.1, 0.15) is 11.0 Å². The summed E-state index contributed by atoms with van der Waals surface area (Å²) in [6.45, 7) is 4.49. The molecule has 0 amide bonds. The molecule has 0 aromatic carbocycles. The third kappa shape index (κ3) is 3.76. The van der Waals surface area contributed by atoms with Crippen LogP contribution in [0, 0.1) is 18.3 Å². The van der Waals surface area contributed by atoms with Crippen LogP contribution in [-0.4, -0.2) is 28.0 Å². The maximum absolute atomic E-state index is 8.61. The van der Waals surface area contributed by atoms with E-state index in [1.54, 1.807) is 6.07 Å². The molecular formula is C11H15ClN4. The summed E-state index contributed by atoms with van der Waals surface area (Å²) in [5.74, 6) is 0.692. The van der Waals surface area contributed by atoms with Crippen LogP contribution in [0.2, 0.25) is 5.15 Å². The summed E-state index contributed by atoms with van der Waals surface area (Å²) in [6.07, 6.45) is 0.496. The summed E-state index contributed by atoms with van der Waals surface area (Å²) in [4.78, 5) is 10.5. The Morgan fingerprint density at radius 3 is 2.81 bits per heavy atom. The minimum absolute atomic E-state index is 0.188. The van der Waals surface area contributed by atoms with Crippen molar-refractivity contribution in [1.82, 2.24) is 14.9 Å². The van der Waals surface area contributed by atoms with E-state index in [1.807, 2.05) is 25.8 Å². The number of hydrogen-bond acceptors (Lipinski definition) is 4. The molecule has 1 atom stereocenters. The van der Waals surface area contributed by atoms with E-state index in [0.29, 0.717) is 23.9 Å². The molecular weight excluding hydrogens is 224 g/mol. The van der Waals surface area contributed by atoms with E-state index >= 15 is 0 Å². The van der Waals surface area contributed by atoms with Crippen molar-refractivity contribution in [2.24, 2.45) is 0 Å². The van der Waals surface area contributed by atoms with Gasteiger partial charge in [-0.15, -0.1) is 0 Å². The van der Waals surface area contributed by atoms with Crippen LogP contribution in [0.15, 0.2) is 6.07 Å². The summed E-state index contributed by atoms with van der Waals surface area (Å²) < 4.78 is 0. The molecule has 0 N–H and O–H groups in total. The number of hydrogen-bond donors (Lipinski definition) is 0. The zero-order valence-electron chi connectivity index (χ0n) is 9.74. The fraction of sp³-hybridized carbons (Fsp3) is 0.545. The van der Waals surface area contributed by atoms with Crippen molar-refractivity contribution in [3.63, 3.8) is 0 Å². The van der Waals surface area contributed by atoms with E-state index in [4.69, 9.17) is 16.9 Å². The molecule has 0 fully saturated rings. The lowest BCUT2D eigenvalue weighted by Gasteiger charge is -2.21. The Morgan fingerprint density at radius 2 is 2.25 bits per heavy atom. The van der Waals surface area contributed by atoms with Crippen molar-refractivity contribution in [2.45, 2.75) is 32.9 Å². The lowest BCUT2D eigenvalue weighted by atomic mass is 10.2. The second kappa shape index (κ2) is 5.78. The van der Waals surface area contributed by atoms with Crippen LogP contribution in [0.1, 0.15) is 24.9 Å². The zero-order valence-corrected chi connectivity index (χ0v) is 10.5. The lowest BCUT2D eigenvalue weighted by molar-refractivity contribution is 0.246. The molecule has 1 aromatic rings. The molecule has 0 spiro atoms. The van der Waals surface area contributed by atoms with Crippen LogP contribution in [0.3, 0.4) is 0 Å². The van der Waals surface area contributed by atoms with Crippen molar-refractivity contribution in [2.75, 3.05) is 7.05 Å². The second-order valence-electron chi connectivity index (χ2n) is 3.87. The summed E-state index contributed by atoms with van der Waals surface area (Å²) in [7, 11) is 1.95. The van der Waals surface area contributed by atoms with Gasteiger partial charge < -0.3 is 0 Å². The molecule has 5 heteroatoms. The van der Waals surface area contributed by atoms with Crippen molar-refractivity contribution in [1.29, 1.82) is 5.26 Å². The first kappa shape index (κ1) is 12.9. The first-order valence-electron chi connectivity index (χ1n) is 5.10. The van der Waals surface area contributed by atoms with E-state index in [-0.39, 0.29) is 6.04 Å². The van der Waals surface area contributed by atoms with Gasteiger partial charge >= 0.3 is 0 Å². The van der Waals surface area contributed by atoms with Gasteiger partial charge in [-0.05, 0) is 27.0 Å². The Balaban J connectivity index is 2.69. The predicted octanol–water partition coefficient (Wildman–Crippen LogP) is 2.17. The van der Waals surface area contributed by atoms with Crippen molar-refractivity contribution in [3.05, 3.63) is 22.7 Å². The van der Waals surface area contributed by atoms with Gasteiger partial charge in [0.25, 0.3) is 0 Å². The number of aryl methyl sites for hydroxylation is 1. The molecule has 16 heavy (non-hydrogen) atoms. The molecule has 0 saturated heterocycles. The van der Waals surface area contributed by atoms with Gasteiger partial charge in [0.15, 0.2) is 0 Å². The van der Waals surface area contributed by atoms with Crippen LogP contribution in [0.25, 0.3) is 0 Å². The molecule has 0 aliphatic heterocycles. The molecule has 0 aliphatic rings. The second-order valence-corrected chi connectivity index (χ2v) is 4.26. The largest absolute Gasteiger partial charge is 0.295 e. The molecule has 1 aromatic heterocycles. The number of nitriles is 1. The number of nitrogens with zero attached hydrogens (tertiary/aromatic N) is 4. The highest BCUT2D eigenvalue weighted by Crippen LogP contribution is 2.09. The maximum atomic E-state index is 8.61. The van der Waals surface area contributed by atoms with Gasteiger partial charge in [-0.1, -0.05) is 11.6 Å². The van der Waals surface area contributed by atoms with Gasteiger partial charge in [0, 0.05) is 11.7 Å². The van der Waals surface area contributed by atoms with Gasteiger partial charge in [0.2, 0.25) is 0 Å². The molecule has 4 nitrogen and oxygen atoms in total. The van der Waals surface area contributed by atoms with E-state index in [2.05, 4.69) is 16.0 Å². The van der Waals surface area contributed by atoms with Gasteiger partial charge in [0.05, 0.1) is 19.0 Å². The van der Waals surface area contributed by atoms with E-state index < -0.39 is 0 Å². The molecule has 0 aliphatic carbocycles. The van der Waals surface area contributed by atoms with Crippen LogP contribution in [0.4, 0.5) is 0 Å². The normalized spacial score (nSPS) is 12.5. The molecule has 86 valence electrons. The molecule has 1 heterocycles. The van der Waals surface area contributed by atoms with Crippen LogP contribution in [-0.2, 0) is 6.54 Å². The number of rotatable bonds is 4. The molecule has 0 radical (unpaired) electrons. The van der Waals surface area contributed by atoms with Gasteiger partial charge in [-0.25, -0.2) is 9.97 Å². The monoisotopic (exact) mass is 238 g/mol. The van der Waals surface area contributed by atoms with E-state index in [9.17, 15) is 0 Å². The fourth-order valence-corrected chi connectivity index (χ4v) is 1.58. The third-order valence-corrected chi connectivity index (χ3v) is 2.59. The lowest BCUT2D eigenvalue weighted by Crippen LogP contribution is -2.29. The Labute approximate surface area is 101 Å². The SMILES string of the molecule is Cc1cc(Cl)nc(CN(C)C(C)CC#N)n1. The Kier molecular flexibility index (Phi) is 4.66. The van der Waals surface area contributed by atoms with Crippen LogP contribution < -0.4 is 0 Å². The highest BCUT2D eigenvalue weighted by molar-refractivity contribution is 6.29. The van der Waals surface area contributed by atoms with Crippen molar-refractivity contribution < 1.29 is 0 Å². The minimum Gasteiger partial charge on any atom is -0.295 e. The maximum Gasteiger partial charge on any atom is 0.144 e. The topological polar surface area (TPSA) is 52.8 Å². The number of halogens is 1. The third-order valence-electron chi connectivity index (χ3n) is 2.40. The van der Waals surface area contributed by atoms with Crippen molar-refractivity contribution in [3.8, 4) is 6.07 Å². The van der Waals surface area contributed by atoms with Gasteiger partial charge in [-0.2, -0.15) is 5.26 Å². The molecule has 1 unspecified atom stereocenters. The van der Waals surface area contributed by atoms with Crippen LogP contribution in [0.5, 0.6) is 0 Å². The highest BCUT2D eigenvalue weighted by Gasteiger charge is 2.11. The Morgan fingerprint density at radius 1 is 1.56 bits per heavy atom. The number of aromatic nitrogens is 2. The summed E-state index contributed by atoms with van der Waals surface area (Å²) in [5.41, 5.74) is 0.858. The summed E-state index contributed by atoms with van der Waals surface area (Å²) in [6, 6.07) is 4.06. The minimum atomic E-state index is 0.188. The van der Waals surface area contributed by atoms with E-state index in [0.717, 1.165) is 5.69 Å². The quantitative estimate of drug-likeness (QED) is 0.755. The average molecular weight is 239 g/mol. The van der Waals surface area contributed by atoms with Crippen LogP contribution >= 0.6 is 11.6 Å².